The number of hydrogen-bond acceptors (Lipinski definition) is 5. The molecule has 3 heterocycles. The van der Waals surface area contributed by atoms with Gasteiger partial charge in [-0.2, -0.15) is 0 Å². The quantitative estimate of drug-likeness (QED) is 0.384. The fraction of sp³-hybridized carbons (Fsp3) is 0.261. The predicted octanol–water partition coefficient (Wildman–Crippen LogP) is -4.96. The Hall–Kier alpha value is -1.83. The SMILES string of the molecule is CCC1=CC2=NC(c3cccc(C4=NC5C=CC(CC)=CC5=N4)n3)=NC2C=C1.[Cl-].[Cl-].[Cl-].[Co+3]. The van der Waals surface area contributed by atoms with Crippen LogP contribution in [0.4, 0.5) is 0 Å². The topological polar surface area (TPSA) is 62.3 Å². The van der Waals surface area contributed by atoms with E-state index in [-0.39, 0.29) is 66.1 Å². The van der Waals surface area contributed by atoms with Crippen LogP contribution in [-0.2, 0) is 16.8 Å². The van der Waals surface area contributed by atoms with Crippen molar-refractivity contribution in [2.45, 2.75) is 38.8 Å². The molecule has 2 unspecified atom stereocenters. The van der Waals surface area contributed by atoms with Gasteiger partial charge in [-0.1, -0.05) is 44.2 Å². The molecule has 0 N–H and O–H groups in total. The molecule has 1 aromatic rings. The molecule has 0 aromatic carbocycles. The van der Waals surface area contributed by atoms with Gasteiger partial charge in [0.15, 0.2) is 11.7 Å². The summed E-state index contributed by atoms with van der Waals surface area (Å²) in [5.41, 5.74) is 6.07. The molecule has 1 aromatic heterocycles. The van der Waals surface area contributed by atoms with Gasteiger partial charge in [0, 0.05) is 0 Å². The van der Waals surface area contributed by atoms with E-state index in [1.807, 2.05) is 18.2 Å². The van der Waals surface area contributed by atoms with Gasteiger partial charge in [-0.3, -0.25) is 9.98 Å². The van der Waals surface area contributed by atoms with Crippen molar-refractivity contribution < 1.29 is 54.0 Å². The monoisotopic (exact) mass is 531 g/mol. The van der Waals surface area contributed by atoms with Crippen LogP contribution in [0.5, 0.6) is 0 Å². The van der Waals surface area contributed by atoms with Crippen molar-refractivity contribution in [3.05, 3.63) is 77.2 Å². The van der Waals surface area contributed by atoms with Gasteiger partial charge in [0.1, 0.15) is 23.5 Å². The standard InChI is InChI=1S/C23H21N5.3ClH.Co/c1-3-14-8-10-16-20(12-14)27-22(25-16)18-6-5-7-19(24-18)23-26-17-11-9-15(4-2)13-21(17)28-23;;;;/h5-13,16-17H,3-4H2,1-2H3;3*1H;/q;;;;+3/p-3. The van der Waals surface area contributed by atoms with Crippen LogP contribution in [0.2, 0.25) is 0 Å². The van der Waals surface area contributed by atoms with Crippen LogP contribution in [0.1, 0.15) is 38.1 Å². The zero-order valence-corrected chi connectivity index (χ0v) is 20.8. The Labute approximate surface area is 217 Å². The van der Waals surface area contributed by atoms with Crippen molar-refractivity contribution in [1.29, 1.82) is 0 Å². The molecular weight excluding hydrogens is 512 g/mol. The molecule has 5 rings (SSSR count). The van der Waals surface area contributed by atoms with E-state index in [1.54, 1.807) is 0 Å². The van der Waals surface area contributed by atoms with Gasteiger partial charge >= 0.3 is 16.8 Å². The maximum atomic E-state index is 4.77. The van der Waals surface area contributed by atoms with E-state index in [9.17, 15) is 0 Å². The van der Waals surface area contributed by atoms with Gasteiger partial charge in [0.25, 0.3) is 0 Å². The minimum Gasteiger partial charge on any atom is -1.00 e. The predicted molar refractivity (Wildman–Crippen MR) is 115 cm³/mol. The summed E-state index contributed by atoms with van der Waals surface area (Å²) in [5.74, 6) is 1.36. The van der Waals surface area contributed by atoms with Crippen molar-refractivity contribution in [2.24, 2.45) is 20.0 Å². The number of hydrogen-bond donors (Lipinski definition) is 0. The number of amidine groups is 2. The van der Waals surface area contributed by atoms with Crippen molar-refractivity contribution in [2.75, 3.05) is 0 Å². The second-order valence-corrected chi connectivity index (χ2v) is 7.14. The number of fused-ring (bicyclic) bond motifs is 2. The van der Waals surface area contributed by atoms with Crippen LogP contribution in [0.15, 0.2) is 85.8 Å². The number of nitrogens with zero attached hydrogens (tertiary/aromatic N) is 5. The van der Waals surface area contributed by atoms with Crippen LogP contribution < -0.4 is 37.2 Å². The van der Waals surface area contributed by atoms with E-state index in [1.165, 1.54) is 11.1 Å². The summed E-state index contributed by atoms with van der Waals surface area (Å²) >= 11 is 0. The first-order valence-corrected chi connectivity index (χ1v) is 9.81. The van der Waals surface area contributed by atoms with Gasteiger partial charge in [-0.05, 0) is 48.3 Å². The van der Waals surface area contributed by atoms with E-state index < -0.39 is 0 Å². The minimum absolute atomic E-state index is 0. The smallest absolute Gasteiger partial charge is 1.00 e. The molecule has 0 saturated carbocycles. The van der Waals surface area contributed by atoms with Crippen molar-refractivity contribution >= 4 is 23.1 Å². The normalized spacial score (nSPS) is 21.6. The van der Waals surface area contributed by atoms with Crippen molar-refractivity contribution in [1.82, 2.24) is 4.98 Å². The first kappa shape index (κ1) is 28.2. The Bertz CT molecular complexity index is 1030. The summed E-state index contributed by atoms with van der Waals surface area (Å²) < 4.78 is 0. The van der Waals surface area contributed by atoms with Gasteiger partial charge in [0.05, 0.1) is 11.4 Å². The van der Waals surface area contributed by atoms with E-state index in [0.717, 1.165) is 35.7 Å². The summed E-state index contributed by atoms with van der Waals surface area (Å²) in [4.78, 5) is 23.7. The molecular formula is C23H21Cl3CoN5. The zero-order valence-electron chi connectivity index (χ0n) is 17.5. The third-order valence-electron chi connectivity index (χ3n) is 5.27. The number of aliphatic imine (C=N–C) groups is 4. The number of halogens is 3. The largest absolute Gasteiger partial charge is 3.00 e. The van der Waals surface area contributed by atoms with Gasteiger partial charge in [-0.15, -0.1) is 0 Å². The molecule has 4 aliphatic rings. The molecule has 168 valence electrons. The third-order valence-corrected chi connectivity index (χ3v) is 5.27. The van der Waals surface area contributed by atoms with Gasteiger partial charge < -0.3 is 37.2 Å². The van der Waals surface area contributed by atoms with E-state index >= 15 is 0 Å². The molecule has 0 bridgehead atoms. The summed E-state index contributed by atoms with van der Waals surface area (Å²) in [6, 6.07) is 5.88. The second-order valence-electron chi connectivity index (χ2n) is 7.14. The molecule has 9 heteroatoms. The maximum absolute atomic E-state index is 4.77. The summed E-state index contributed by atoms with van der Waals surface area (Å²) in [5, 5.41) is 0. The minimum atomic E-state index is 0. The van der Waals surface area contributed by atoms with E-state index in [2.05, 4.69) is 50.3 Å². The van der Waals surface area contributed by atoms with Crippen molar-refractivity contribution in [3.8, 4) is 0 Å². The Kier molecular flexibility index (Phi) is 10.5. The van der Waals surface area contributed by atoms with Gasteiger partial charge in [-0.25, -0.2) is 15.0 Å². The third kappa shape index (κ3) is 5.38. The summed E-state index contributed by atoms with van der Waals surface area (Å²) in [6.07, 6.45) is 14.7. The first-order valence-electron chi connectivity index (χ1n) is 9.81. The van der Waals surface area contributed by atoms with Gasteiger partial charge in [0.2, 0.25) is 0 Å². The molecule has 32 heavy (non-hydrogen) atoms. The number of rotatable bonds is 4. The van der Waals surface area contributed by atoms with Crippen molar-refractivity contribution in [3.63, 3.8) is 0 Å². The molecule has 0 saturated heterocycles. The van der Waals surface area contributed by atoms with Crippen LogP contribution in [-0.4, -0.2) is 40.2 Å². The second kappa shape index (κ2) is 11.9. The fourth-order valence-electron chi connectivity index (χ4n) is 3.62. The maximum Gasteiger partial charge on any atom is 3.00 e. The van der Waals surface area contributed by atoms with Crippen LogP contribution in [0.3, 0.4) is 0 Å². The van der Waals surface area contributed by atoms with E-state index in [0.29, 0.717) is 11.7 Å². The fourth-order valence-corrected chi connectivity index (χ4v) is 3.62. The Morgan fingerprint density at radius 1 is 0.719 bits per heavy atom. The molecule has 2 aliphatic heterocycles. The summed E-state index contributed by atoms with van der Waals surface area (Å²) in [6.45, 7) is 4.29. The number of aromatic nitrogens is 1. The Morgan fingerprint density at radius 3 is 1.56 bits per heavy atom. The van der Waals surface area contributed by atoms with Crippen LogP contribution >= 0.6 is 0 Å². The Balaban J connectivity index is 0.00000128. The first-order chi connectivity index (χ1) is 13.7. The number of allylic oxidation sites excluding steroid dienone is 4. The average Bonchev–Trinajstić information content (AvgIpc) is 3.36. The molecule has 0 amide bonds. The zero-order chi connectivity index (χ0) is 19.1. The average molecular weight is 533 g/mol. The molecule has 5 nitrogen and oxygen atoms in total. The molecule has 2 atom stereocenters. The Morgan fingerprint density at radius 2 is 1.16 bits per heavy atom. The van der Waals surface area contributed by atoms with E-state index in [4.69, 9.17) is 25.0 Å². The number of pyridine rings is 1. The van der Waals surface area contributed by atoms with Crippen LogP contribution in [0.25, 0.3) is 0 Å². The summed E-state index contributed by atoms with van der Waals surface area (Å²) in [7, 11) is 0. The molecule has 0 fully saturated rings. The molecule has 2 aliphatic carbocycles. The molecule has 0 spiro atoms. The van der Waals surface area contributed by atoms with Crippen LogP contribution in [0, 0.1) is 0 Å². The molecule has 0 radical (unpaired) electrons.